The first-order chi connectivity index (χ1) is 8.69. The minimum absolute atomic E-state index is 0.0888. The van der Waals surface area contributed by atoms with Crippen molar-refractivity contribution in [1.82, 2.24) is 0 Å². The number of hydrogen-bond donors (Lipinski definition) is 2. The lowest BCUT2D eigenvalue weighted by Crippen LogP contribution is -2.37. The maximum atomic E-state index is 11.8. The van der Waals surface area contributed by atoms with E-state index in [2.05, 4.69) is 5.32 Å². The summed E-state index contributed by atoms with van der Waals surface area (Å²) in [6.45, 7) is 3.94. The maximum absolute atomic E-state index is 11.8. The fraction of sp³-hybridized carbons (Fsp3) is 0.462. The molecule has 0 aliphatic rings. The number of benzene rings is 1. The number of aryl methyl sites for hydroxylation is 2. The van der Waals surface area contributed by atoms with Gasteiger partial charge < -0.3 is 11.1 Å². The third-order valence-electron chi connectivity index (χ3n) is 2.91. The van der Waals surface area contributed by atoms with Crippen molar-refractivity contribution < 1.29 is 13.2 Å². The highest BCUT2D eigenvalue weighted by atomic mass is 32.2. The van der Waals surface area contributed by atoms with Gasteiger partial charge in [0.25, 0.3) is 0 Å². The Balaban J connectivity index is 2.61. The van der Waals surface area contributed by atoms with E-state index in [1.165, 1.54) is 0 Å². The van der Waals surface area contributed by atoms with E-state index >= 15 is 0 Å². The van der Waals surface area contributed by atoms with Crippen LogP contribution in [-0.2, 0) is 14.6 Å². The zero-order chi connectivity index (χ0) is 14.6. The molecule has 0 heterocycles. The largest absolute Gasteiger partial charge is 0.325 e. The zero-order valence-electron chi connectivity index (χ0n) is 11.4. The quantitative estimate of drug-likeness (QED) is 0.844. The summed E-state index contributed by atoms with van der Waals surface area (Å²) in [5.41, 5.74) is 8.54. The van der Waals surface area contributed by atoms with Gasteiger partial charge in [-0.3, -0.25) is 4.79 Å². The van der Waals surface area contributed by atoms with Crippen molar-refractivity contribution in [2.24, 2.45) is 5.73 Å². The van der Waals surface area contributed by atoms with Crippen LogP contribution in [0.3, 0.4) is 0 Å². The number of carbonyl (C=O) groups excluding carboxylic acids is 1. The van der Waals surface area contributed by atoms with Gasteiger partial charge in [0, 0.05) is 11.9 Å². The van der Waals surface area contributed by atoms with E-state index in [0.29, 0.717) is 5.69 Å². The lowest BCUT2D eigenvalue weighted by Gasteiger charge is -2.12. The number of nitrogens with two attached hydrogens (primary N) is 1. The molecule has 0 saturated heterocycles. The first-order valence-electron chi connectivity index (χ1n) is 6.00. The van der Waals surface area contributed by atoms with Crippen LogP contribution in [0.4, 0.5) is 5.69 Å². The Kier molecular flexibility index (Phi) is 5.08. The molecule has 0 aliphatic heterocycles. The van der Waals surface area contributed by atoms with Gasteiger partial charge in [-0.05, 0) is 43.5 Å². The van der Waals surface area contributed by atoms with Crippen molar-refractivity contribution in [2.45, 2.75) is 26.3 Å². The highest BCUT2D eigenvalue weighted by molar-refractivity contribution is 7.90. The van der Waals surface area contributed by atoms with Gasteiger partial charge in [0.05, 0.1) is 11.8 Å². The van der Waals surface area contributed by atoms with Gasteiger partial charge in [0.2, 0.25) is 5.91 Å². The van der Waals surface area contributed by atoms with Gasteiger partial charge in [-0.2, -0.15) is 0 Å². The third kappa shape index (κ3) is 5.40. The van der Waals surface area contributed by atoms with Crippen LogP contribution in [0.1, 0.15) is 17.5 Å². The maximum Gasteiger partial charge on any atom is 0.241 e. The topological polar surface area (TPSA) is 89.3 Å². The van der Waals surface area contributed by atoms with Gasteiger partial charge in [0.1, 0.15) is 9.84 Å². The molecule has 19 heavy (non-hydrogen) atoms. The van der Waals surface area contributed by atoms with Crippen LogP contribution in [0.2, 0.25) is 0 Å². The molecule has 0 aromatic heterocycles. The molecule has 1 aromatic carbocycles. The Labute approximate surface area is 114 Å². The molecule has 6 heteroatoms. The third-order valence-corrected chi connectivity index (χ3v) is 3.89. The molecule has 1 unspecified atom stereocenters. The van der Waals surface area contributed by atoms with Gasteiger partial charge in [-0.15, -0.1) is 0 Å². The number of rotatable bonds is 5. The number of nitrogens with one attached hydrogen (secondary N) is 1. The molecule has 0 aliphatic carbocycles. The fourth-order valence-corrected chi connectivity index (χ4v) is 2.21. The van der Waals surface area contributed by atoms with Crippen molar-refractivity contribution in [3.8, 4) is 0 Å². The lowest BCUT2D eigenvalue weighted by atomic mass is 10.1. The molecule has 0 fully saturated rings. The number of anilines is 1. The highest BCUT2D eigenvalue weighted by Crippen LogP contribution is 2.14. The fourth-order valence-electron chi connectivity index (χ4n) is 1.53. The molecular weight excluding hydrogens is 264 g/mol. The van der Waals surface area contributed by atoms with Crippen molar-refractivity contribution in [3.63, 3.8) is 0 Å². The first kappa shape index (κ1) is 15.7. The minimum atomic E-state index is -3.10. The van der Waals surface area contributed by atoms with E-state index in [1.54, 1.807) is 6.07 Å². The smallest absolute Gasteiger partial charge is 0.241 e. The number of sulfone groups is 1. The molecule has 0 bridgehead atoms. The predicted octanol–water partition coefficient (Wildman–Crippen LogP) is 1.00. The summed E-state index contributed by atoms with van der Waals surface area (Å²) in [5.74, 6) is -0.457. The second kappa shape index (κ2) is 6.16. The summed E-state index contributed by atoms with van der Waals surface area (Å²) < 4.78 is 22.0. The molecule has 5 nitrogen and oxygen atoms in total. The van der Waals surface area contributed by atoms with Crippen molar-refractivity contribution in [3.05, 3.63) is 29.3 Å². The Hall–Kier alpha value is -1.40. The molecule has 1 atom stereocenters. The molecule has 0 saturated carbocycles. The van der Waals surface area contributed by atoms with Crippen molar-refractivity contribution in [2.75, 3.05) is 17.3 Å². The summed E-state index contributed by atoms with van der Waals surface area (Å²) in [6.07, 6.45) is 1.25. The molecule has 1 amide bonds. The number of amides is 1. The second-order valence-corrected chi connectivity index (χ2v) is 7.07. The molecule has 1 aromatic rings. The Bertz CT molecular complexity index is 567. The second-order valence-electron chi connectivity index (χ2n) is 4.81. The Morgan fingerprint density at radius 2 is 1.95 bits per heavy atom. The van der Waals surface area contributed by atoms with E-state index in [4.69, 9.17) is 5.73 Å². The van der Waals surface area contributed by atoms with Crippen LogP contribution in [0.15, 0.2) is 18.2 Å². The van der Waals surface area contributed by atoms with Gasteiger partial charge in [-0.25, -0.2) is 8.42 Å². The van der Waals surface area contributed by atoms with Crippen LogP contribution in [0, 0.1) is 13.8 Å². The number of hydrogen-bond acceptors (Lipinski definition) is 4. The van der Waals surface area contributed by atoms with Gasteiger partial charge >= 0.3 is 0 Å². The summed E-state index contributed by atoms with van der Waals surface area (Å²) in [5, 5.41) is 2.69. The number of carbonyl (C=O) groups is 1. The monoisotopic (exact) mass is 284 g/mol. The summed E-state index contributed by atoms with van der Waals surface area (Å²) in [7, 11) is -3.10. The van der Waals surface area contributed by atoms with Gasteiger partial charge in [0.15, 0.2) is 0 Å². The average Bonchev–Trinajstić information content (AvgIpc) is 2.29. The standard InChI is InChI=1S/C13H20N2O3S/c1-9-4-5-11(8-10(9)2)15-13(16)12(14)6-7-19(3,17)18/h4-5,8,12H,6-7,14H2,1-3H3,(H,15,16). The molecule has 106 valence electrons. The molecule has 0 spiro atoms. The van der Waals surface area contributed by atoms with Crippen LogP contribution in [0.25, 0.3) is 0 Å². The summed E-state index contributed by atoms with van der Waals surface area (Å²) in [4.78, 5) is 11.8. The van der Waals surface area contributed by atoms with E-state index in [9.17, 15) is 13.2 Å². The SMILES string of the molecule is Cc1ccc(NC(=O)C(N)CCS(C)(=O)=O)cc1C. The molecule has 0 radical (unpaired) electrons. The van der Waals surface area contributed by atoms with E-state index < -0.39 is 15.9 Å². The summed E-state index contributed by atoms with van der Waals surface area (Å²) in [6, 6.07) is 4.74. The normalized spacial score (nSPS) is 13.1. The summed E-state index contributed by atoms with van der Waals surface area (Å²) >= 11 is 0. The van der Waals surface area contributed by atoms with Gasteiger partial charge in [-0.1, -0.05) is 6.07 Å². The van der Waals surface area contributed by atoms with Crippen LogP contribution < -0.4 is 11.1 Å². The molecular formula is C13H20N2O3S. The highest BCUT2D eigenvalue weighted by Gasteiger charge is 2.16. The Morgan fingerprint density at radius 1 is 1.32 bits per heavy atom. The minimum Gasteiger partial charge on any atom is -0.325 e. The average molecular weight is 284 g/mol. The Morgan fingerprint density at radius 3 is 2.47 bits per heavy atom. The van der Waals surface area contributed by atoms with E-state index in [0.717, 1.165) is 17.4 Å². The predicted molar refractivity (Wildman–Crippen MR) is 76.8 cm³/mol. The molecule has 1 rings (SSSR count). The van der Waals surface area contributed by atoms with Crippen LogP contribution >= 0.6 is 0 Å². The van der Waals surface area contributed by atoms with Crippen LogP contribution in [-0.4, -0.2) is 32.4 Å². The van der Waals surface area contributed by atoms with Crippen LogP contribution in [0.5, 0.6) is 0 Å². The van der Waals surface area contributed by atoms with Crippen molar-refractivity contribution >= 4 is 21.4 Å². The molecule has 3 N–H and O–H groups in total. The van der Waals surface area contributed by atoms with Crippen molar-refractivity contribution in [1.29, 1.82) is 0 Å². The van der Waals surface area contributed by atoms with E-state index in [1.807, 2.05) is 26.0 Å². The first-order valence-corrected chi connectivity index (χ1v) is 8.06. The zero-order valence-corrected chi connectivity index (χ0v) is 12.3. The van der Waals surface area contributed by atoms with E-state index in [-0.39, 0.29) is 18.1 Å². The lowest BCUT2D eigenvalue weighted by molar-refractivity contribution is -0.117.